The molecule has 1 aromatic rings. The molecule has 0 aliphatic heterocycles. The highest BCUT2D eigenvalue weighted by Gasteiger charge is 2.07. The molecule has 0 N–H and O–H groups in total. The molecule has 1 rings (SSSR count). The average molecular weight is 206 g/mol. The van der Waals surface area contributed by atoms with Gasteiger partial charge < -0.3 is 0 Å². The Hall–Kier alpha value is -1.34. The Balaban J connectivity index is 3.09. The van der Waals surface area contributed by atoms with E-state index in [9.17, 15) is 4.79 Å². The van der Waals surface area contributed by atoms with E-state index in [1.165, 1.54) is 11.8 Å². The number of hydrogen-bond donors (Lipinski definition) is 0. The number of hydrogen-bond acceptors (Lipinski definition) is 4. The smallest absolute Gasteiger partial charge is 0.168 e. The van der Waals surface area contributed by atoms with Crippen molar-refractivity contribution in [3.8, 4) is 6.07 Å². The van der Waals surface area contributed by atoms with Gasteiger partial charge in [-0.1, -0.05) is 13.8 Å². The summed E-state index contributed by atoms with van der Waals surface area (Å²) in [6.45, 7) is 4.03. The molecule has 0 unspecified atom stereocenters. The molecule has 0 atom stereocenters. The molecule has 1 aromatic heterocycles. The second kappa shape index (κ2) is 4.77. The van der Waals surface area contributed by atoms with Crippen molar-refractivity contribution in [2.24, 2.45) is 0 Å². The standard InChI is InChI=1S/C10H10N2OS/c1-7(2)14-10-8(5-11)3-4-9(6-13)12-10/h3-4,6-7H,1-2H3. The third-order valence-electron chi connectivity index (χ3n) is 1.47. The van der Waals surface area contributed by atoms with Crippen LogP contribution in [0.1, 0.15) is 29.9 Å². The molecular weight excluding hydrogens is 196 g/mol. The van der Waals surface area contributed by atoms with Gasteiger partial charge in [0, 0.05) is 5.25 Å². The zero-order valence-electron chi connectivity index (χ0n) is 8.02. The van der Waals surface area contributed by atoms with Crippen LogP contribution in [-0.4, -0.2) is 16.5 Å². The van der Waals surface area contributed by atoms with Gasteiger partial charge >= 0.3 is 0 Å². The summed E-state index contributed by atoms with van der Waals surface area (Å²) in [5, 5.41) is 9.78. The van der Waals surface area contributed by atoms with Gasteiger partial charge in [0.1, 0.15) is 16.8 Å². The topological polar surface area (TPSA) is 53.8 Å². The van der Waals surface area contributed by atoms with Crippen LogP contribution in [0.4, 0.5) is 0 Å². The van der Waals surface area contributed by atoms with E-state index in [2.05, 4.69) is 11.1 Å². The third-order valence-corrected chi connectivity index (χ3v) is 2.48. The molecule has 0 aliphatic rings. The molecule has 0 saturated heterocycles. The Morgan fingerprint density at radius 2 is 2.29 bits per heavy atom. The summed E-state index contributed by atoms with van der Waals surface area (Å²) in [4.78, 5) is 14.6. The molecule has 3 nitrogen and oxygen atoms in total. The minimum atomic E-state index is 0.344. The Kier molecular flexibility index (Phi) is 3.66. The molecule has 4 heteroatoms. The molecule has 0 aliphatic carbocycles. The average Bonchev–Trinajstić information content (AvgIpc) is 2.16. The first-order valence-electron chi connectivity index (χ1n) is 4.20. The molecule has 0 bridgehead atoms. The van der Waals surface area contributed by atoms with Crippen LogP contribution < -0.4 is 0 Å². The molecule has 14 heavy (non-hydrogen) atoms. The number of nitrogens with zero attached hydrogens (tertiary/aromatic N) is 2. The number of rotatable bonds is 3. The van der Waals surface area contributed by atoms with E-state index in [1.54, 1.807) is 12.1 Å². The molecule has 72 valence electrons. The first kappa shape index (κ1) is 10.7. The van der Waals surface area contributed by atoms with Crippen molar-refractivity contribution in [3.63, 3.8) is 0 Å². The van der Waals surface area contributed by atoms with E-state index < -0.39 is 0 Å². The Labute approximate surface area is 87.2 Å². The highest BCUT2D eigenvalue weighted by atomic mass is 32.2. The van der Waals surface area contributed by atoms with Crippen LogP contribution >= 0.6 is 11.8 Å². The van der Waals surface area contributed by atoms with E-state index in [1.807, 2.05) is 13.8 Å². The van der Waals surface area contributed by atoms with E-state index in [-0.39, 0.29) is 0 Å². The fourth-order valence-electron chi connectivity index (χ4n) is 0.919. The van der Waals surface area contributed by atoms with Crippen molar-refractivity contribution in [2.75, 3.05) is 0 Å². The number of carbonyl (C=O) groups excluding carboxylic acids is 1. The molecule has 0 spiro atoms. The first-order chi connectivity index (χ1) is 6.67. The first-order valence-corrected chi connectivity index (χ1v) is 5.08. The number of pyridine rings is 1. The lowest BCUT2D eigenvalue weighted by molar-refractivity contribution is 0.111. The SMILES string of the molecule is CC(C)Sc1nc(C=O)ccc1C#N. The van der Waals surface area contributed by atoms with Gasteiger partial charge in [-0.2, -0.15) is 5.26 Å². The number of thioether (sulfide) groups is 1. The van der Waals surface area contributed by atoms with Crippen LogP contribution in [0.3, 0.4) is 0 Å². The van der Waals surface area contributed by atoms with Crippen LogP contribution in [0.2, 0.25) is 0 Å². The summed E-state index contributed by atoms with van der Waals surface area (Å²) in [6, 6.07) is 5.23. The van der Waals surface area contributed by atoms with E-state index in [0.29, 0.717) is 27.8 Å². The molecule has 0 aromatic carbocycles. The van der Waals surface area contributed by atoms with Crippen LogP contribution in [0.25, 0.3) is 0 Å². The van der Waals surface area contributed by atoms with Crippen molar-refractivity contribution >= 4 is 18.0 Å². The summed E-state index contributed by atoms with van der Waals surface area (Å²) in [5.41, 5.74) is 0.890. The maximum absolute atomic E-state index is 10.5. The van der Waals surface area contributed by atoms with Crippen molar-refractivity contribution in [1.29, 1.82) is 5.26 Å². The largest absolute Gasteiger partial charge is 0.296 e. The van der Waals surface area contributed by atoms with Crippen LogP contribution in [0.5, 0.6) is 0 Å². The van der Waals surface area contributed by atoms with Gasteiger partial charge in [-0.05, 0) is 12.1 Å². The van der Waals surface area contributed by atoms with E-state index in [4.69, 9.17) is 5.26 Å². The van der Waals surface area contributed by atoms with Crippen molar-refractivity contribution in [2.45, 2.75) is 24.1 Å². The zero-order valence-corrected chi connectivity index (χ0v) is 8.84. The molecular formula is C10H10N2OS. The molecule has 0 saturated carbocycles. The summed E-state index contributed by atoms with van der Waals surface area (Å²) < 4.78 is 0. The van der Waals surface area contributed by atoms with Gasteiger partial charge in [-0.15, -0.1) is 11.8 Å². The lowest BCUT2D eigenvalue weighted by Gasteiger charge is -2.05. The Morgan fingerprint density at radius 3 is 2.79 bits per heavy atom. The normalized spacial score (nSPS) is 9.86. The monoisotopic (exact) mass is 206 g/mol. The number of nitriles is 1. The van der Waals surface area contributed by atoms with Crippen molar-refractivity contribution in [1.82, 2.24) is 4.98 Å². The predicted octanol–water partition coefficient (Wildman–Crippen LogP) is 2.27. The quantitative estimate of drug-likeness (QED) is 0.562. The molecule has 0 fully saturated rings. The van der Waals surface area contributed by atoms with Gasteiger partial charge in [0.2, 0.25) is 0 Å². The van der Waals surface area contributed by atoms with Crippen LogP contribution in [0.15, 0.2) is 17.2 Å². The van der Waals surface area contributed by atoms with Crippen molar-refractivity contribution in [3.05, 3.63) is 23.4 Å². The highest BCUT2D eigenvalue weighted by molar-refractivity contribution is 7.99. The fraction of sp³-hybridized carbons (Fsp3) is 0.300. The van der Waals surface area contributed by atoms with Crippen LogP contribution in [-0.2, 0) is 0 Å². The Bertz CT molecular complexity index is 382. The van der Waals surface area contributed by atoms with Gasteiger partial charge in [-0.3, -0.25) is 4.79 Å². The molecule has 1 heterocycles. The maximum atomic E-state index is 10.5. The van der Waals surface area contributed by atoms with Gasteiger partial charge in [-0.25, -0.2) is 4.98 Å². The third kappa shape index (κ3) is 2.57. The predicted molar refractivity (Wildman–Crippen MR) is 55.3 cm³/mol. The molecule has 0 radical (unpaired) electrons. The number of aldehydes is 1. The lowest BCUT2D eigenvalue weighted by Crippen LogP contribution is -1.96. The number of aromatic nitrogens is 1. The summed E-state index contributed by atoms with van der Waals surface area (Å²) in [7, 11) is 0. The minimum absolute atomic E-state index is 0.344. The maximum Gasteiger partial charge on any atom is 0.168 e. The fourth-order valence-corrected chi connectivity index (χ4v) is 1.76. The van der Waals surface area contributed by atoms with E-state index >= 15 is 0 Å². The van der Waals surface area contributed by atoms with Crippen molar-refractivity contribution < 1.29 is 4.79 Å². The summed E-state index contributed by atoms with van der Waals surface area (Å²) in [6.07, 6.45) is 0.686. The Morgan fingerprint density at radius 1 is 1.57 bits per heavy atom. The van der Waals surface area contributed by atoms with Gasteiger partial charge in [0.25, 0.3) is 0 Å². The van der Waals surface area contributed by atoms with Crippen LogP contribution in [0, 0.1) is 11.3 Å². The van der Waals surface area contributed by atoms with Gasteiger partial charge in [0.05, 0.1) is 5.56 Å². The second-order valence-corrected chi connectivity index (χ2v) is 4.55. The van der Waals surface area contributed by atoms with E-state index in [0.717, 1.165) is 0 Å². The zero-order chi connectivity index (χ0) is 10.6. The number of carbonyl (C=O) groups is 1. The summed E-state index contributed by atoms with van der Waals surface area (Å²) >= 11 is 1.49. The van der Waals surface area contributed by atoms with Gasteiger partial charge in [0.15, 0.2) is 6.29 Å². The lowest BCUT2D eigenvalue weighted by atomic mass is 10.3. The highest BCUT2D eigenvalue weighted by Crippen LogP contribution is 2.24. The second-order valence-electron chi connectivity index (χ2n) is 2.99. The summed E-state index contributed by atoms with van der Waals surface area (Å²) in [5.74, 6) is 0. The minimum Gasteiger partial charge on any atom is -0.296 e. The molecule has 0 amide bonds.